The van der Waals surface area contributed by atoms with E-state index in [1.807, 2.05) is 19.9 Å². The van der Waals surface area contributed by atoms with Gasteiger partial charge in [-0.1, -0.05) is 23.7 Å². The van der Waals surface area contributed by atoms with Gasteiger partial charge < -0.3 is 10.4 Å². The van der Waals surface area contributed by atoms with E-state index in [2.05, 4.69) is 5.32 Å². The maximum absolute atomic E-state index is 12.0. The first-order valence-corrected chi connectivity index (χ1v) is 6.57. The number of hydrogen-bond acceptors (Lipinski definition) is 2. The second-order valence-corrected chi connectivity index (χ2v) is 4.97. The summed E-state index contributed by atoms with van der Waals surface area (Å²) < 4.78 is 0. The van der Waals surface area contributed by atoms with E-state index in [0.29, 0.717) is 23.4 Å². The van der Waals surface area contributed by atoms with E-state index in [1.54, 1.807) is 12.1 Å². The average Bonchev–Trinajstić information content (AvgIpc) is 2.31. The summed E-state index contributed by atoms with van der Waals surface area (Å²) in [5.74, 6) is -1.04. The van der Waals surface area contributed by atoms with Crippen LogP contribution in [0.5, 0.6) is 0 Å². The Bertz CT molecular complexity index is 474. The summed E-state index contributed by atoms with van der Waals surface area (Å²) in [5.41, 5.74) is 1.31. The van der Waals surface area contributed by atoms with Gasteiger partial charge in [-0.05, 0) is 38.3 Å². The number of amides is 1. The first-order valence-electron chi connectivity index (χ1n) is 6.19. The lowest BCUT2D eigenvalue weighted by Crippen LogP contribution is -2.32. The van der Waals surface area contributed by atoms with Crippen LogP contribution in [0.1, 0.15) is 42.1 Å². The zero-order chi connectivity index (χ0) is 14.4. The van der Waals surface area contributed by atoms with Gasteiger partial charge in [0.05, 0.1) is 10.6 Å². The van der Waals surface area contributed by atoms with Crippen molar-refractivity contribution < 1.29 is 14.7 Å². The zero-order valence-corrected chi connectivity index (χ0v) is 11.8. The molecule has 19 heavy (non-hydrogen) atoms. The Morgan fingerprint density at radius 2 is 2.11 bits per heavy atom. The quantitative estimate of drug-likeness (QED) is 0.843. The molecule has 1 amide bonds. The minimum absolute atomic E-state index is 0.0802. The molecule has 1 rings (SSSR count). The second-order valence-electron chi connectivity index (χ2n) is 4.60. The fraction of sp³-hybridized carbons (Fsp3) is 0.429. The molecule has 0 aliphatic rings. The fourth-order valence-corrected chi connectivity index (χ4v) is 1.97. The van der Waals surface area contributed by atoms with Crippen molar-refractivity contribution in [3.8, 4) is 0 Å². The molecule has 1 atom stereocenters. The van der Waals surface area contributed by atoms with Crippen molar-refractivity contribution >= 4 is 23.5 Å². The molecule has 0 bridgehead atoms. The Kier molecular flexibility index (Phi) is 5.83. The van der Waals surface area contributed by atoms with Crippen molar-refractivity contribution in [2.45, 2.75) is 39.2 Å². The van der Waals surface area contributed by atoms with Crippen LogP contribution in [0.2, 0.25) is 5.02 Å². The van der Waals surface area contributed by atoms with E-state index in [9.17, 15) is 9.59 Å². The van der Waals surface area contributed by atoms with Crippen LogP contribution >= 0.6 is 11.6 Å². The molecule has 0 saturated heterocycles. The maximum Gasteiger partial charge on any atom is 0.303 e. The number of hydrogen-bond donors (Lipinski definition) is 2. The van der Waals surface area contributed by atoms with Gasteiger partial charge in [0.2, 0.25) is 0 Å². The molecule has 5 heteroatoms. The van der Waals surface area contributed by atoms with E-state index >= 15 is 0 Å². The Balaban J connectivity index is 2.54. The lowest BCUT2D eigenvalue weighted by molar-refractivity contribution is -0.137. The Morgan fingerprint density at radius 1 is 1.42 bits per heavy atom. The number of carbonyl (C=O) groups is 2. The molecule has 0 aliphatic carbocycles. The van der Waals surface area contributed by atoms with Crippen molar-refractivity contribution in [2.75, 3.05) is 0 Å². The van der Waals surface area contributed by atoms with Crippen molar-refractivity contribution in [1.82, 2.24) is 5.32 Å². The lowest BCUT2D eigenvalue weighted by Gasteiger charge is -2.14. The molecule has 0 aromatic heterocycles. The highest BCUT2D eigenvalue weighted by atomic mass is 35.5. The first kappa shape index (κ1) is 15.5. The average molecular weight is 284 g/mol. The standard InChI is InChI=1S/C14H18ClNO3/c1-9-5-3-7-11(13(9)15)14(19)16-10(2)6-4-8-12(17)18/h3,5,7,10H,4,6,8H2,1-2H3,(H,16,19)(H,17,18). The van der Waals surface area contributed by atoms with Gasteiger partial charge in [0.25, 0.3) is 5.91 Å². The summed E-state index contributed by atoms with van der Waals surface area (Å²) >= 11 is 6.08. The summed E-state index contributed by atoms with van der Waals surface area (Å²) in [6.45, 7) is 3.69. The van der Waals surface area contributed by atoms with Gasteiger partial charge in [0.15, 0.2) is 0 Å². The monoisotopic (exact) mass is 283 g/mol. The summed E-state index contributed by atoms with van der Waals surface area (Å²) in [4.78, 5) is 22.4. The third-order valence-corrected chi connectivity index (χ3v) is 3.34. The SMILES string of the molecule is Cc1cccc(C(=O)NC(C)CCCC(=O)O)c1Cl. The summed E-state index contributed by atoms with van der Waals surface area (Å²) in [7, 11) is 0. The van der Waals surface area contributed by atoms with E-state index in [0.717, 1.165) is 5.56 Å². The molecule has 0 radical (unpaired) electrons. The Hall–Kier alpha value is -1.55. The van der Waals surface area contributed by atoms with Gasteiger partial charge in [-0.3, -0.25) is 9.59 Å². The molecule has 0 spiro atoms. The first-order chi connectivity index (χ1) is 8.91. The topological polar surface area (TPSA) is 66.4 Å². The van der Waals surface area contributed by atoms with Crippen LogP contribution in [0.4, 0.5) is 0 Å². The van der Waals surface area contributed by atoms with E-state index in [4.69, 9.17) is 16.7 Å². The molecule has 1 aromatic rings. The predicted octanol–water partition coefficient (Wildman–Crippen LogP) is 3.02. The van der Waals surface area contributed by atoms with Crippen LogP contribution in [0.15, 0.2) is 18.2 Å². The molecule has 0 saturated carbocycles. The number of aliphatic carboxylic acids is 1. The molecule has 0 heterocycles. The molecular weight excluding hydrogens is 266 g/mol. The van der Waals surface area contributed by atoms with Crippen molar-refractivity contribution in [2.24, 2.45) is 0 Å². The third kappa shape index (κ3) is 4.91. The number of nitrogens with one attached hydrogen (secondary N) is 1. The van der Waals surface area contributed by atoms with Gasteiger partial charge in [0.1, 0.15) is 0 Å². The number of carboxylic acid groups (broad SMARTS) is 1. The molecule has 1 unspecified atom stereocenters. The highest BCUT2D eigenvalue weighted by molar-refractivity contribution is 6.34. The van der Waals surface area contributed by atoms with Crippen LogP contribution in [0, 0.1) is 6.92 Å². The normalized spacial score (nSPS) is 11.9. The largest absolute Gasteiger partial charge is 0.481 e. The minimum atomic E-state index is -0.819. The summed E-state index contributed by atoms with van der Waals surface area (Å²) in [6, 6.07) is 5.22. The molecule has 2 N–H and O–H groups in total. The van der Waals surface area contributed by atoms with Crippen molar-refractivity contribution in [3.63, 3.8) is 0 Å². The van der Waals surface area contributed by atoms with Gasteiger partial charge in [0, 0.05) is 12.5 Å². The zero-order valence-electron chi connectivity index (χ0n) is 11.1. The lowest BCUT2D eigenvalue weighted by atomic mass is 10.1. The van der Waals surface area contributed by atoms with Crippen LogP contribution in [-0.4, -0.2) is 23.0 Å². The van der Waals surface area contributed by atoms with E-state index in [1.165, 1.54) is 0 Å². The Morgan fingerprint density at radius 3 is 2.74 bits per heavy atom. The van der Waals surface area contributed by atoms with Crippen LogP contribution in [0.3, 0.4) is 0 Å². The Labute approximate surface area is 117 Å². The van der Waals surface area contributed by atoms with Crippen molar-refractivity contribution in [3.05, 3.63) is 34.3 Å². The number of carbonyl (C=O) groups excluding carboxylic acids is 1. The smallest absolute Gasteiger partial charge is 0.303 e. The number of halogens is 1. The van der Waals surface area contributed by atoms with Gasteiger partial charge >= 0.3 is 5.97 Å². The summed E-state index contributed by atoms with van der Waals surface area (Å²) in [6.07, 6.45) is 1.28. The molecule has 0 fully saturated rings. The minimum Gasteiger partial charge on any atom is -0.481 e. The fourth-order valence-electron chi connectivity index (χ4n) is 1.76. The van der Waals surface area contributed by atoms with Crippen molar-refractivity contribution in [1.29, 1.82) is 0 Å². The van der Waals surface area contributed by atoms with Crippen LogP contribution in [0.25, 0.3) is 0 Å². The molecule has 104 valence electrons. The van der Waals surface area contributed by atoms with E-state index in [-0.39, 0.29) is 18.4 Å². The van der Waals surface area contributed by atoms with E-state index < -0.39 is 5.97 Å². The third-order valence-electron chi connectivity index (χ3n) is 2.84. The second kappa shape index (κ2) is 7.14. The molecule has 4 nitrogen and oxygen atoms in total. The van der Waals surface area contributed by atoms with Gasteiger partial charge in [-0.25, -0.2) is 0 Å². The number of benzene rings is 1. The highest BCUT2D eigenvalue weighted by Gasteiger charge is 2.14. The van der Waals surface area contributed by atoms with Gasteiger partial charge in [-0.15, -0.1) is 0 Å². The van der Waals surface area contributed by atoms with Crippen LogP contribution < -0.4 is 5.32 Å². The summed E-state index contributed by atoms with van der Waals surface area (Å²) in [5, 5.41) is 11.8. The van der Waals surface area contributed by atoms with Gasteiger partial charge in [-0.2, -0.15) is 0 Å². The predicted molar refractivity (Wildman–Crippen MR) is 74.6 cm³/mol. The molecule has 0 aliphatic heterocycles. The number of carboxylic acids is 1. The number of rotatable bonds is 6. The molecule has 1 aromatic carbocycles. The molecular formula is C14H18ClNO3. The maximum atomic E-state index is 12.0. The number of aryl methyl sites for hydroxylation is 1. The highest BCUT2D eigenvalue weighted by Crippen LogP contribution is 2.20. The van der Waals surface area contributed by atoms with Crippen LogP contribution in [-0.2, 0) is 4.79 Å².